The van der Waals surface area contributed by atoms with Crippen molar-refractivity contribution < 1.29 is 13.2 Å². The van der Waals surface area contributed by atoms with Crippen LogP contribution in [0.15, 0.2) is 29.5 Å². The van der Waals surface area contributed by atoms with Crippen molar-refractivity contribution >= 4 is 35.0 Å². The number of nitrogens with one attached hydrogen (secondary N) is 1. The molecule has 0 aliphatic heterocycles. The lowest BCUT2D eigenvalue weighted by Gasteiger charge is -2.08. The molecule has 0 saturated heterocycles. The number of aromatic nitrogens is 1. The molecule has 2 aromatic rings. The third kappa shape index (κ3) is 3.71. The van der Waals surface area contributed by atoms with Crippen LogP contribution in [0.2, 0.25) is 5.02 Å². The molecule has 0 spiro atoms. The van der Waals surface area contributed by atoms with Gasteiger partial charge in [-0.1, -0.05) is 11.6 Å². The number of alkyl halides is 3. The van der Waals surface area contributed by atoms with Gasteiger partial charge in [0.1, 0.15) is 0 Å². The lowest BCUT2D eigenvalue weighted by molar-refractivity contribution is -0.137. The van der Waals surface area contributed by atoms with E-state index < -0.39 is 11.7 Å². The third-order valence-corrected chi connectivity index (χ3v) is 3.52. The highest BCUT2D eigenvalue weighted by Gasteiger charge is 2.31. The number of hydrazone groups is 1. The van der Waals surface area contributed by atoms with E-state index in [-0.39, 0.29) is 10.8 Å². The van der Waals surface area contributed by atoms with Gasteiger partial charge in [0.05, 0.1) is 16.8 Å². The Morgan fingerprint density at radius 1 is 1.40 bits per heavy atom. The zero-order valence-electron chi connectivity index (χ0n) is 10.2. The molecule has 0 fully saturated rings. The Bertz CT molecular complexity index is 637. The van der Waals surface area contributed by atoms with Gasteiger partial charge >= 0.3 is 6.18 Å². The predicted molar refractivity (Wildman–Crippen MR) is 74.5 cm³/mol. The molecule has 0 unspecified atom stereocenters. The molecule has 0 amide bonds. The van der Waals surface area contributed by atoms with Gasteiger partial charge in [0.15, 0.2) is 5.82 Å². The van der Waals surface area contributed by atoms with Gasteiger partial charge in [0.25, 0.3) is 0 Å². The highest BCUT2D eigenvalue weighted by Crippen LogP contribution is 2.32. The van der Waals surface area contributed by atoms with Crippen molar-refractivity contribution in [3.63, 3.8) is 0 Å². The second-order valence-corrected chi connectivity index (χ2v) is 5.60. The summed E-state index contributed by atoms with van der Waals surface area (Å²) in [6, 6.07) is 4.63. The molecule has 0 saturated carbocycles. The quantitative estimate of drug-likeness (QED) is 0.664. The van der Waals surface area contributed by atoms with Crippen LogP contribution in [-0.2, 0) is 6.18 Å². The molecule has 0 radical (unpaired) electrons. The van der Waals surface area contributed by atoms with Gasteiger partial charge in [-0.25, -0.2) is 4.98 Å². The average Bonchev–Trinajstić information content (AvgIpc) is 2.76. The molecule has 0 atom stereocenters. The summed E-state index contributed by atoms with van der Waals surface area (Å²) in [6.45, 7) is 1.96. The van der Waals surface area contributed by atoms with Gasteiger partial charge in [-0.3, -0.25) is 5.43 Å². The van der Waals surface area contributed by atoms with Crippen molar-refractivity contribution in [3.8, 4) is 0 Å². The minimum atomic E-state index is -4.47. The summed E-state index contributed by atoms with van der Waals surface area (Å²) in [7, 11) is 0. The first-order valence-electron chi connectivity index (χ1n) is 5.44. The van der Waals surface area contributed by atoms with Crippen LogP contribution in [0.5, 0.6) is 0 Å². The van der Waals surface area contributed by atoms with Crippen molar-refractivity contribution in [1.29, 1.82) is 0 Å². The van der Waals surface area contributed by atoms with Gasteiger partial charge in [0, 0.05) is 16.0 Å². The van der Waals surface area contributed by atoms with E-state index in [1.165, 1.54) is 0 Å². The van der Waals surface area contributed by atoms with Crippen LogP contribution < -0.4 is 5.43 Å². The number of halogens is 4. The largest absolute Gasteiger partial charge is 0.417 e. The van der Waals surface area contributed by atoms with Crippen LogP contribution >= 0.6 is 22.9 Å². The highest BCUT2D eigenvalue weighted by atomic mass is 35.5. The summed E-state index contributed by atoms with van der Waals surface area (Å²) in [5.41, 5.74) is 1.62. The summed E-state index contributed by atoms with van der Waals surface area (Å²) < 4.78 is 37.3. The molecule has 2 rings (SSSR count). The molecule has 0 aliphatic rings. The number of pyridine rings is 1. The van der Waals surface area contributed by atoms with Crippen LogP contribution in [0.25, 0.3) is 0 Å². The third-order valence-electron chi connectivity index (χ3n) is 2.29. The number of hydrogen-bond donors (Lipinski definition) is 1. The first kappa shape index (κ1) is 14.8. The number of aryl methyl sites for hydroxylation is 1. The Hall–Kier alpha value is -1.60. The fourth-order valence-corrected chi connectivity index (χ4v) is 2.31. The monoisotopic (exact) mass is 319 g/mol. The lowest BCUT2D eigenvalue weighted by Crippen LogP contribution is -2.06. The SMILES string of the molecule is Cc1ccc(/C=N\Nc2ncc(C(F)(F)F)cc2Cl)s1. The van der Waals surface area contributed by atoms with Crippen molar-refractivity contribution in [2.45, 2.75) is 13.1 Å². The molecular formula is C12H9ClF3N3S. The molecule has 1 N–H and O–H groups in total. The standard InChI is InChI=1S/C12H9ClF3N3S/c1-7-2-3-9(20-7)6-18-19-11-10(13)4-8(5-17-11)12(14,15)16/h2-6H,1H3,(H,17,19)/b18-6-. The summed E-state index contributed by atoms with van der Waals surface area (Å²) in [5.74, 6) is 0.0733. The molecule has 3 nitrogen and oxygen atoms in total. The number of anilines is 1. The van der Waals surface area contributed by atoms with Gasteiger partial charge < -0.3 is 0 Å². The van der Waals surface area contributed by atoms with Crippen LogP contribution in [0.4, 0.5) is 19.0 Å². The first-order valence-corrected chi connectivity index (χ1v) is 6.64. The van der Waals surface area contributed by atoms with E-state index in [0.29, 0.717) is 6.20 Å². The zero-order valence-corrected chi connectivity index (χ0v) is 11.8. The highest BCUT2D eigenvalue weighted by molar-refractivity contribution is 7.13. The molecule has 8 heteroatoms. The van der Waals surface area contributed by atoms with Crippen LogP contribution in [0.3, 0.4) is 0 Å². The minimum Gasteiger partial charge on any atom is -0.260 e. The first-order chi connectivity index (χ1) is 9.36. The number of thiophene rings is 1. The second kappa shape index (κ2) is 5.80. The topological polar surface area (TPSA) is 37.3 Å². The maximum absolute atomic E-state index is 12.4. The van der Waals surface area contributed by atoms with E-state index in [4.69, 9.17) is 11.6 Å². The molecule has 106 valence electrons. The van der Waals surface area contributed by atoms with Crippen LogP contribution in [0, 0.1) is 6.92 Å². The Morgan fingerprint density at radius 3 is 2.70 bits per heavy atom. The van der Waals surface area contributed by atoms with Crippen LogP contribution in [-0.4, -0.2) is 11.2 Å². The fraction of sp³-hybridized carbons (Fsp3) is 0.167. The molecule has 2 heterocycles. The molecule has 2 aromatic heterocycles. The van der Waals surface area contributed by atoms with Crippen molar-refractivity contribution in [2.24, 2.45) is 5.10 Å². The van der Waals surface area contributed by atoms with Crippen molar-refractivity contribution in [2.75, 3.05) is 5.43 Å². The normalized spacial score (nSPS) is 12.1. The summed E-state index contributed by atoms with van der Waals surface area (Å²) >= 11 is 7.27. The Labute approximate surface area is 122 Å². The molecular weight excluding hydrogens is 311 g/mol. The molecule has 0 aromatic carbocycles. The summed E-state index contributed by atoms with van der Waals surface area (Å²) in [6.07, 6.45) is -2.21. The number of nitrogens with zero attached hydrogens (tertiary/aromatic N) is 2. The smallest absolute Gasteiger partial charge is 0.260 e. The van der Waals surface area contributed by atoms with Gasteiger partial charge in [-0.05, 0) is 25.1 Å². The molecule has 0 aliphatic carbocycles. The van der Waals surface area contributed by atoms with Gasteiger partial charge in [0.2, 0.25) is 0 Å². The molecule has 20 heavy (non-hydrogen) atoms. The predicted octanol–water partition coefficient (Wildman–Crippen LogP) is 4.57. The van der Waals surface area contributed by atoms with Crippen molar-refractivity contribution in [1.82, 2.24) is 4.98 Å². The Balaban J connectivity index is 2.09. The number of rotatable bonds is 3. The lowest BCUT2D eigenvalue weighted by atomic mass is 10.3. The Kier molecular flexibility index (Phi) is 4.29. The Morgan fingerprint density at radius 2 is 2.15 bits per heavy atom. The van der Waals surface area contributed by atoms with E-state index in [1.54, 1.807) is 17.6 Å². The molecule has 0 bridgehead atoms. The van der Waals surface area contributed by atoms with E-state index >= 15 is 0 Å². The maximum Gasteiger partial charge on any atom is 0.417 e. The van der Waals surface area contributed by atoms with E-state index in [1.807, 2.05) is 19.1 Å². The maximum atomic E-state index is 12.4. The summed E-state index contributed by atoms with van der Waals surface area (Å²) in [5, 5.41) is 3.75. The number of hydrogen-bond acceptors (Lipinski definition) is 4. The zero-order chi connectivity index (χ0) is 14.8. The van der Waals surface area contributed by atoms with Gasteiger partial charge in [-0.2, -0.15) is 18.3 Å². The summed E-state index contributed by atoms with van der Waals surface area (Å²) in [4.78, 5) is 5.66. The van der Waals surface area contributed by atoms with Crippen molar-refractivity contribution in [3.05, 3.63) is 44.7 Å². The fourth-order valence-electron chi connectivity index (χ4n) is 1.36. The van der Waals surface area contributed by atoms with E-state index in [2.05, 4.69) is 15.5 Å². The average molecular weight is 320 g/mol. The van der Waals surface area contributed by atoms with Gasteiger partial charge in [-0.15, -0.1) is 11.3 Å². The second-order valence-electron chi connectivity index (χ2n) is 3.87. The van der Waals surface area contributed by atoms with E-state index in [0.717, 1.165) is 15.8 Å². The minimum absolute atomic E-state index is 0.0733. The van der Waals surface area contributed by atoms with E-state index in [9.17, 15) is 13.2 Å². The van der Waals surface area contributed by atoms with Crippen LogP contribution in [0.1, 0.15) is 15.3 Å².